The lowest BCUT2D eigenvalue weighted by Crippen LogP contribution is -2.46. The molecule has 148 valence electrons. The summed E-state index contributed by atoms with van der Waals surface area (Å²) in [6, 6.07) is 14.9. The number of rotatable bonds is 4. The summed E-state index contributed by atoms with van der Waals surface area (Å²) in [5.74, 6) is 0. The summed E-state index contributed by atoms with van der Waals surface area (Å²) in [6.07, 6.45) is 6.11. The summed E-state index contributed by atoms with van der Waals surface area (Å²) in [4.78, 5) is 4.86. The van der Waals surface area contributed by atoms with Crippen LogP contribution in [0.3, 0.4) is 0 Å². The van der Waals surface area contributed by atoms with Crippen LogP contribution < -0.4 is 0 Å². The van der Waals surface area contributed by atoms with Gasteiger partial charge in [0, 0.05) is 56.7 Å². The molecular formula is C22H25N7. The zero-order chi connectivity index (χ0) is 19.8. The van der Waals surface area contributed by atoms with Gasteiger partial charge in [-0.1, -0.05) is 41.6 Å². The normalized spacial score (nSPS) is 18.5. The molecule has 0 radical (unpaired) electrons. The molecule has 0 spiro atoms. The molecule has 4 aromatic rings. The first kappa shape index (κ1) is 18.0. The molecule has 0 unspecified atom stereocenters. The molecule has 5 rings (SSSR count). The molecule has 4 heterocycles. The molecule has 0 aliphatic carbocycles. The summed E-state index contributed by atoms with van der Waals surface area (Å²) >= 11 is 0. The van der Waals surface area contributed by atoms with Crippen molar-refractivity contribution in [2.75, 3.05) is 26.7 Å². The average Bonchev–Trinajstić information content (AvgIpc) is 3.35. The maximum absolute atomic E-state index is 4.58. The van der Waals surface area contributed by atoms with Crippen LogP contribution in [0.5, 0.6) is 0 Å². The number of aromatic nitrogens is 5. The van der Waals surface area contributed by atoms with Gasteiger partial charge in [0.25, 0.3) is 0 Å². The molecule has 1 atom stereocenters. The molecule has 0 N–H and O–H groups in total. The van der Waals surface area contributed by atoms with E-state index >= 15 is 0 Å². The molecule has 0 bridgehead atoms. The summed E-state index contributed by atoms with van der Waals surface area (Å²) < 4.78 is 3.77. The molecule has 1 fully saturated rings. The van der Waals surface area contributed by atoms with Crippen molar-refractivity contribution in [3.8, 4) is 11.1 Å². The highest BCUT2D eigenvalue weighted by Crippen LogP contribution is 2.28. The van der Waals surface area contributed by atoms with Crippen LogP contribution >= 0.6 is 0 Å². The highest BCUT2D eigenvalue weighted by Gasteiger charge is 2.29. The van der Waals surface area contributed by atoms with Crippen molar-refractivity contribution in [3.63, 3.8) is 0 Å². The second kappa shape index (κ2) is 7.42. The fourth-order valence-electron chi connectivity index (χ4n) is 4.13. The molecule has 7 heteroatoms. The summed E-state index contributed by atoms with van der Waals surface area (Å²) in [7, 11) is 4.14. The lowest BCUT2D eigenvalue weighted by molar-refractivity contribution is 0.0889. The number of benzene rings is 1. The third kappa shape index (κ3) is 3.54. The van der Waals surface area contributed by atoms with Crippen LogP contribution in [0.15, 0.2) is 61.1 Å². The molecule has 3 aromatic heterocycles. The molecule has 1 aliphatic heterocycles. The molecule has 1 saturated heterocycles. The van der Waals surface area contributed by atoms with E-state index in [4.69, 9.17) is 0 Å². The number of hydrogen-bond acceptors (Lipinski definition) is 5. The van der Waals surface area contributed by atoms with E-state index in [0.29, 0.717) is 0 Å². The van der Waals surface area contributed by atoms with Crippen molar-refractivity contribution in [1.82, 2.24) is 34.4 Å². The predicted octanol–water partition coefficient (Wildman–Crippen LogP) is 2.62. The van der Waals surface area contributed by atoms with Gasteiger partial charge in [0.2, 0.25) is 0 Å². The zero-order valence-electron chi connectivity index (χ0n) is 16.8. The minimum absolute atomic E-state index is 0.223. The van der Waals surface area contributed by atoms with Crippen LogP contribution in [0.2, 0.25) is 0 Å². The number of fused-ring (bicyclic) bond motifs is 1. The zero-order valence-corrected chi connectivity index (χ0v) is 16.8. The number of piperazine rings is 1. The molecule has 7 nitrogen and oxygen atoms in total. The Balaban J connectivity index is 1.41. The maximum atomic E-state index is 4.58. The van der Waals surface area contributed by atoms with Gasteiger partial charge in [0.1, 0.15) is 5.69 Å². The Labute approximate surface area is 170 Å². The molecule has 1 aliphatic rings. The largest absolute Gasteiger partial charge is 0.296 e. The average molecular weight is 387 g/mol. The van der Waals surface area contributed by atoms with E-state index in [1.807, 2.05) is 28.5 Å². The second-order valence-corrected chi connectivity index (χ2v) is 7.84. The Bertz CT molecular complexity index is 1110. The number of likely N-dealkylation sites (N-methyl/N-ethyl adjacent to an activating group) is 1. The van der Waals surface area contributed by atoms with Gasteiger partial charge in [0.15, 0.2) is 0 Å². The minimum atomic E-state index is 0.223. The Morgan fingerprint density at radius 1 is 0.966 bits per heavy atom. The van der Waals surface area contributed by atoms with Crippen molar-refractivity contribution >= 4 is 5.52 Å². The van der Waals surface area contributed by atoms with Crippen LogP contribution in [-0.2, 0) is 13.6 Å². The van der Waals surface area contributed by atoms with E-state index in [1.165, 1.54) is 11.1 Å². The summed E-state index contributed by atoms with van der Waals surface area (Å²) in [6.45, 7) is 3.89. The van der Waals surface area contributed by atoms with Gasteiger partial charge in [0.05, 0.1) is 17.8 Å². The molecule has 0 amide bonds. The van der Waals surface area contributed by atoms with E-state index in [2.05, 4.69) is 81.1 Å². The number of pyridine rings is 1. The lowest BCUT2D eigenvalue weighted by atomic mass is 10.1. The standard InChI is InChI=1S/C22H25N7/c1-26-10-11-28(14-17-12-23-27(2)13-17)16-21(26)22-20-9-8-19(15-29(20)25-24-22)18-6-4-3-5-7-18/h3-9,12-13,15,21H,10-11,14,16H2,1-2H3/t21-/m1/s1. The van der Waals surface area contributed by atoms with Gasteiger partial charge >= 0.3 is 0 Å². The van der Waals surface area contributed by atoms with Gasteiger partial charge in [-0.15, -0.1) is 5.10 Å². The lowest BCUT2D eigenvalue weighted by Gasteiger charge is -2.38. The van der Waals surface area contributed by atoms with Crippen LogP contribution in [-0.4, -0.2) is 61.1 Å². The predicted molar refractivity (Wildman–Crippen MR) is 112 cm³/mol. The fraction of sp³-hybridized carbons (Fsp3) is 0.318. The van der Waals surface area contributed by atoms with Crippen molar-refractivity contribution in [2.45, 2.75) is 12.6 Å². The van der Waals surface area contributed by atoms with Crippen molar-refractivity contribution in [1.29, 1.82) is 0 Å². The Hall–Kier alpha value is -3.03. The quantitative estimate of drug-likeness (QED) is 0.539. The van der Waals surface area contributed by atoms with Crippen LogP contribution in [0, 0.1) is 0 Å². The SMILES string of the molecule is CN1CCN(Cc2cnn(C)c2)C[C@@H]1c1nnn2cc(-c3ccccc3)ccc12. The third-order valence-electron chi connectivity index (χ3n) is 5.76. The van der Waals surface area contributed by atoms with Gasteiger partial charge in [-0.25, -0.2) is 4.52 Å². The Kier molecular flexibility index (Phi) is 4.61. The topological polar surface area (TPSA) is 54.5 Å². The van der Waals surface area contributed by atoms with Gasteiger partial charge < -0.3 is 0 Å². The number of aryl methyl sites for hydroxylation is 1. The highest BCUT2D eigenvalue weighted by molar-refractivity contribution is 5.66. The maximum Gasteiger partial charge on any atom is 0.109 e. The van der Waals surface area contributed by atoms with Crippen molar-refractivity contribution < 1.29 is 0 Å². The van der Waals surface area contributed by atoms with E-state index < -0.39 is 0 Å². The van der Waals surface area contributed by atoms with Crippen LogP contribution in [0.25, 0.3) is 16.6 Å². The first-order valence-electron chi connectivity index (χ1n) is 9.98. The Morgan fingerprint density at radius 2 is 1.83 bits per heavy atom. The fourth-order valence-corrected chi connectivity index (χ4v) is 4.13. The number of hydrogen-bond donors (Lipinski definition) is 0. The van der Waals surface area contributed by atoms with Crippen molar-refractivity contribution in [3.05, 3.63) is 72.3 Å². The second-order valence-electron chi connectivity index (χ2n) is 7.84. The number of nitrogens with zero attached hydrogens (tertiary/aromatic N) is 7. The third-order valence-corrected chi connectivity index (χ3v) is 5.76. The van der Waals surface area contributed by atoms with Crippen LogP contribution in [0.1, 0.15) is 17.3 Å². The van der Waals surface area contributed by atoms with Crippen LogP contribution in [0.4, 0.5) is 0 Å². The van der Waals surface area contributed by atoms with Crippen molar-refractivity contribution in [2.24, 2.45) is 7.05 Å². The summed E-state index contributed by atoms with van der Waals surface area (Å²) in [5, 5.41) is 13.3. The van der Waals surface area contributed by atoms with E-state index in [-0.39, 0.29) is 6.04 Å². The molecule has 0 saturated carbocycles. The highest BCUT2D eigenvalue weighted by atomic mass is 15.4. The summed E-state index contributed by atoms with van der Waals surface area (Å²) in [5.41, 5.74) is 5.69. The molecular weight excluding hydrogens is 362 g/mol. The first-order valence-corrected chi connectivity index (χ1v) is 9.98. The first-order chi connectivity index (χ1) is 14.2. The molecule has 1 aromatic carbocycles. The van der Waals surface area contributed by atoms with E-state index in [1.54, 1.807) is 0 Å². The molecule has 29 heavy (non-hydrogen) atoms. The monoisotopic (exact) mass is 387 g/mol. The van der Waals surface area contributed by atoms with E-state index in [0.717, 1.165) is 43.0 Å². The van der Waals surface area contributed by atoms with Gasteiger partial charge in [-0.05, 0) is 18.7 Å². The van der Waals surface area contributed by atoms with E-state index in [9.17, 15) is 0 Å². The smallest absolute Gasteiger partial charge is 0.109 e. The Morgan fingerprint density at radius 3 is 2.62 bits per heavy atom. The van der Waals surface area contributed by atoms with Gasteiger partial charge in [-0.2, -0.15) is 5.10 Å². The minimum Gasteiger partial charge on any atom is -0.296 e. The van der Waals surface area contributed by atoms with Gasteiger partial charge in [-0.3, -0.25) is 14.5 Å².